The SMILES string of the molecule is Cc1cc(N2CCCCCC2)n2nc(-c3cccnc3)nc2n1. The van der Waals surface area contributed by atoms with Crippen LogP contribution in [0.5, 0.6) is 0 Å². The Hall–Kier alpha value is -2.50. The molecule has 3 aromatic rings. The molecule has 6 nitrogen and oxygen atoms in total. The molecule has 0 spiro atoms. The van der Waals surface area contributed by atoms with Crippen molar-refractivity contribution in [3.05, 3.63) is 36.3 Å². The van der Waals surface area contributed by atoms with Gasteiger partial charge in [0.15, 0.2) is 5.82 Å². The van der Waals surface area contributed by atoms with Gasteiger partial charge >= 0.3 is 0 Å². The molecule has 1 aliphatic heterocycles. The molecule has 0 saturated carbocycles. The van der Waals surface area contributed by atoms with E-state index in [2.05, 4.69) is 25.9 Å². The van der Waals surface area contributed by atoms with E-state index in [0.29, 0.717) is 11.6 Å². The molecule has 3 aromatic heterocycles. The van der Waals surface area contributed by atoms with E-state index < -0.39 is 0 Å². The predicted octanol–water partition coefficient (Wildman–Crippen LogP) is 2.88. The Kier molecular flexibility index (Phi) is 3.65. The summed E-state index contributed by atoms with van der Waals surface area (Å²) in [4.78, 5) is 15.7. The topological polar surface area (TPSA) is 59.2 Å². The van der Waals surface area contributed by atoms with Crippen LogP contribution in [0.15, 0.2) is 30.6 Å². The zero-order valence-electron chi connectivity index (χ0n) is 13.3. The summed E-state index contributed by atoms with van der Waals surface area (Å²) < 4.78 is 1.88. The maximum atomic E-state index is 4.69. The van der Waals surface area contributed by atoms with E-state index >= 15 is 0 Å². The fourth-order valence-electron chi connectivity index (χ4n) is 3.11. The van der Waals surface area contributed by atoms with Gasteiger partial charge < -0.3 is 4.90 Å². The molecule has 0 N–H and O–H groups in total. The molecule has 23 heavy (non-hydrogen) atoms. The molecule has 0 bridgehead atoms. The van der Waals surface area contributed by atoms with Crippen LogP contribution < -0.4 is 4.90 Å². The maximum Gasteiger partial charge on any atom is 0.254 e. The maximum absolute atomic E-state index is 4.69. The smallest absolute Gasteiger partial charge is 0.254 e. The number of pyridine rings is 1. The van der Waals surface area contributed by atoms with E-state index in [4.69, 9.17) is 5.10 Å². The van der Waals surface area contributed by atoms with Crippen molar-refractivity contribution >= 4 is 11.6 Å². The molecule has 0 radical (unpaired) electrons. The summed E-state index contributed by atoms with van der Waals surface area (Å²) in [7, 11) is 0. The van der Waals surface area contributed by atoms with Crippen LogP contribution in [-0.4, -0.2) is 37.7 Å². The molecule has 1 saturated heterocycles. The van der Waals surface area contributed by atoms with Crippen LogP contribution >= 0.6 is 0 Å². The average Bonchev–Trinajstić information content (AvgIpc) is 2.81. The van der Waals surface area contributed by atoms with Crippen LogP contribution in [0, 0.1) is 6.92 Å². The summed E-state index contributed by atoms with van der Waals surface area (Å²) in [6.07, 6.45) is 8.61. The number of aryl methyl sites for hydroxylation is 1. The number of fused-ring (bicyclic) bond motifs is 1. The van der Waals surface area contributed by atoms with Crippen LogP contribution in [0.25, 0.3) is 17.2 Å². The van der Waals surface area contributed by atoms with Crippen molar-refractivity contribution in [2.45, 2.75) is 32.6 Å². The zero-order chi connectivity index (χ0) is 15.6. The quantitative estimate of drug-likeness (QED) is 0.728. The van der Waals surface area contributed by atoms with Crippen LogP contribution in [0.2, 0.25) is 0 Å². The molecule has 1 aliphatic rings. The first-order chi connectivity index (χ1) is 11.3. The first-order valence-electron chi connectivity index (χ1n) is 8.21. The van der Waals surface area contributed by atoms with Crippen LogP contribution in [0.1, 0.15) is 31.4 Å². The largest absolute Gasteiger partial charge is 0.356 e. The Morgan fingerprint density at radius 2 is 1.87 bits per heavy atom. The summed E-state index contributed by atoms with van der Waals surface area (Å²) in [6, 6.07) is 5.98. The normalized spacial score (nSPS) is 15.8. The second-order valence-corrected chi connectivity index (χ2v) is 6.05. The van der Waals surface area contributed by atoms with Gasteiger partial charge in [0.1, 0.15) is 5.82 Å². The van der Waals surface area contributed by atoms with Gasteiger partial charge in [0.2, 0.25) is 0 Å². The van der Waals surface area contributed by atoms with Crippen molar-refractivity contribution in [3.8, 4) is 11.4 Å². The Morgan fingerprint density at radius 1 is 1.04 bits per heavy atom. The van der Waals surface area contributed by atoms with Gasteiger partial charge in [0.05, 0.1) is 0 Å². The monoisotopic (exact) mass is 308 g/mol. The van der Waals surface area contributed by atoms with Gasteiger partial charge in [-0.05, 0) is 31.9 Å². The van der Waals surface area contributed by atoms with E-state index in [-0.39, 0.29) is 0 Å². The highest BCUT2D eigenvalue weighted by Crippen LogP contribution is 2.22. The number of rotatable bonds is 2. The molecule has 4 rings (SSSR count). The first kappa shape index (κ1) is 14.1. The number of nitrogens with zero attached hydrogens (tertiary/aromatic N) is 6. The average molecular weight is 308 g/mol. The minimum Gasteiger partial charge on any atom is -0.356 e. The van der Waals surface area contributed by atoms with Gasteiger partial charge in [-0.2, -0.15) is 9.50 Å². The standard InChI is InChI=1S/C17H20N6/c1-13-11-15(22-9-4-2-3-5-10-22)23-17(19-13)20-16(21-23)14-7-6-8-18-12-14/h6-8,11-12H,2-5,9-10H2,1H3. The molecular formula is C17H20N6. The summed E-state index contributed by atoms with van der Waals surface area (Å²) in [6.45, 7) is 4.15. The van der Waals surface area contributed by atoms with Crippen molar-refractivity contribution < 1.29 is 0 Å². The van der Waals surface area contributed by atoms with Gasteiger partial charge in [0, 0.05) is 42.8 Å². The Balaban J connectivity index is 1.82. The minimum absolute atomic E-state index is 0.656. The molecule has 0 atom stereocenters. The van der Waals surface area contributed by atoms with Crippen molar-refractivity contribution in [1.82, 2.24) is 24.6 Å². The molecular weight excluding hydrogens is 288 g/mol. The first-order valence-corrected chi connectivity index (χ1v) is 8.21. The molecule has 6 heteroatoms. The lowest BCUT2D eigenvalue weighted by Gasteiger charge is -2.22. The lowest BCUT2D eigenvalue weighted by Crippen LogP contribution is -2.26. The molecule has 0 aliphatic carbocycles. The molecule has 0 aromatic carbocycles. The lowest BCUT2D eigenvalue weighted by atomic mass is 10.2. The summed E-state index contributed by atoms with van der Waals surface area (Å²) in [5.41, 5.74) is 1.89. The van der Waals surface area contributed by atoms with Gasteiger partial charge in [-0.25, -0.2) is 4.98 Å². The second-order valence-electron chi connectivity index (χ2n) is 6.05. The molecule has 0 amide bonds. The summed E-state index contributed by atoms with van der Waals surface area (Å²) >= 11 is 0. The van der Waals surface area contributed by atoms with Gasteiger partial charge in [0.25, 0.3) is 5.78 Å². The van der Waals surface area contributed by atoms with Crippen LogP contribution in [0.4, 0.5) is 5.82 Å². The highest BCUT2D eigenvalue weighted by atomic mass is 15.4. The number of anilines is 1. The van der Waals surface area contributed by atoms with Gasteiger partial charge in [-0.3, -0.25) is 4.98 Å². The third-order valence-corrected chi connectivity index (χ3v) is 4.27. The Bertz CT molecular complexity index is 803. The van der Waals surface area contributed by atoms with Crippen molar-refractivity contribution in [2.75, 3.05) is 18.0 Å². The van der Waals surface area contributed by atoms with E-state index in [1.807, 2.05) is 23.6 Å². The van der Waals surface area contributed by atoms with Gasteiger partial charge in [-0.1, -0.05) is 12.8 Å². The minimum atomic E-state index is 0.656. The zero-order valence-corrected chi connectivity index (χ0v) is 13.3. The van der Waals surface area contributed by atoms with E-state index in [1.165, 1.54) is 25.7 Å². The Morgan fingerprint density at radius 3 is 2.61 bits per heavy atom. The van der Waals surface area contributed by atoms with E-state index in [9.17, 15) is 0 Å². The summed E-state index contributed by atoms with van der Waals surface area (Å²) in [5, 5.41) is 4.69. The number of hydrogen-bond donors (Lipinski definition) is 0. The van der Waals surface area contributed by atoms with Crippen LogP contribution in [0.3, 0.4) is 0 Å². The third-order valence-electron chi connectivity index (χ3n) is 4.27. The third kappa shape index (κ3) is 2.76. The van der Waals surface area contributed by atoms with Gasteiger partial charge in [-0.15, -0.1) is 5.10 Å². The van der Waals surface area contributed by atoms with E-state index in [0.717, 1.165) is 30.2 Å². The van der Waals surface area contributed by atoms with Crippen LogP contribution in [-0.2, 0) is 0 Å². The second kappa shape index (κ2) is 5.95. The molecule has 1 fully saturated rings. The van der Waals surface area contributed by atoms with Crippen molar-refractivity contribution in [2.24, 2.45) is 0 Å². The van der Waals surface area contributed by atoms with Crippen molar-refractivity contribution in [3.63, 3.8) is 0 Å². The molecule has 4 heterocycles. The summed E-state index contributed by atoms with van der Waals surface area (Å²) in [5.74, 6) is 2.42. The highest BCUT2D eigenvalue weighted by Gasteiger charge is 2.17. The fraction of sp³-hybridized carbons (Fsp3) is 0.412. The van der Waals surface area contributed by atoms with Crippen molar-refractivity contribution in [1.29, 1.82) is 0 Å². The van der Waals surface area contributed by atoms with E-state index in [1.54, 1.807) is 12.4 Å². The lowest BCUT2D eigenvalue weighted by molar-refractivity contribution is 0.726. The fourth-order valence-corrected chi connectivity index (χ4v) is 3.11. The molecule has 0 unspecified atom stereocenters. The Labute approximate surface area is 135 Å². The molecule has 118 valence electrons. The number of aromatic nitrogens is 5. The number of hydrogen-bond acceptors (Lipinski definition) is 5. The predicted molar refractivity (Wildman–Crippen MR) is 89.4 cm³/mol. The highest BCUT2D eigenvalue weighted by molar-refractivity contribution is 5.57.